The van der Waals surface area contributed by atoms with Crippen LogP contribution in [-0.2, 0) is 9.59 Å². The summed E-state index contributed by atoms with van der Waals surface area (Å²) in [6, 6.07) is 7.60. The van der Waals surface area contributed by atoms with Crippen LogP contribution in [0.1, 0.15) is 18.4 Å². The molecule has 3 aliphatic rings. The molecule has 2 saturated carbocycles. The van der Waals surface area contributed by atoms with Crippen molar-refractivity contribution in [1.29, 1.82) is 0 Å². The van der Waals surface area contributed by atoms with Gasteiger partial charge in [-0.1, -0.05) is 29.8 Å². The molecule has 0 saturated heterocycles. The first kappa shape index (κ1) is 13.6. The lowest BCUT2D eigenvalue weighted by Gasteiger charge is -2.23. The SMILES string of the molecule is Cc1ccc(NC(=O)[C@@H]2[C@H](C(=O)O)[C@H]3C=C[C@H]2C32CC2)cc1. The highest BCUT2D eigenvalue weighted by Crippen LogP contribution is 2.72. The van der Waals surface area contributed by atoms with Gasteiger partial charge < -0.3 is 10.4 Å². The Kier molecular flexibility index (Phi) is 2.74. The third kappa shape index (κ3) is 1.76. The number of amides is 1. The summed E-state index contributed by atoms with van der Waals surface area (Å²) in [5.41, 5.74) is 1.93. The smallest absolute Gasteiger partial charge is 0.307 e. The zero-order chi connectivity index (χ0) is 15.5. The van der Waals surface area contributed by atoms with Gasteiger partial charge in [0.05, 0.1) is 11.8 Å². The van der Waals surface area contributed by atoms with Gasteiger partial charge in [0, 0.05) is 5.69 Å². The Bertz CT molecular complexity index is 672. The number of carbonyl (C=O) groups is 2. The average molecular weight is 297 g/mol. The molecule has 114 valence electrons. The molecular formula is C18H19NO3. The molecule has 0 heterocycles. The first-order chi connectivity index (χ1) is 10.5. The maximum absolute atomic E-state index is 12.7. The van der Waals surface area contributed by atoms with Gasteiger partial charge in [-0.3, -0.25) is 9.59 Å². The molecule has 1 aromatic rings. The van der Waals surface area contributed by atoms with Crippen molar-refractivity contribution in [1.82, 2.24) is 0 Å². The summed E-state index contributed by atoms with van der Waals surface area (Å²) in [5, 5.41) is 12.5. The minimum Gasteiger partial charge on any atom is -0.481 e. The van der Waals surface area contributed by atoms with Gasteiger partial charge in [0.25, 0.3) is 0 Å². The molecule has 0 aromatic heterocycles. The number of hydrogen-bond acceptors (Lipinski definition) is 2. The van der Waals surface area contributed by atoms with E-state index in [1.54, 1.807) is 0 Å². The van der Waals surface area contributed by atoms with Crippen LogP contribution >= 0.6 is 0 Å². The van der Waals surface area contributed by atoms with E-state index in [2.05, 4.69) is 11.4 Å². The first-order valence-corrected chi connectivity index (χ1v) is 7.82. The lowest BCUT2D eigenvalue weighted by Crippen LogP contribution is -2.36. The number of aliphatic carboxylic acids is 1. The predicted octanol–water partition coefficient (Wildman–Crippen LogP) is 2.85. The van der Waals surface area contributed by atoms with E-state index in [1.165, 1.54) is 0 Å². The molecule has 1 spiro atoms. The second-order valence-corrected chi connectivity index (χ2v) is 6.91. The fraction of sp³-hybridized carbons (Fsp3) is 0.444. The zero-order valence-electron chi connectivity index (χ0n) is 12.5. The van der Waals surface area contributed by atoms with Crippen LogP contribution in [-0.4, -0.2) is 17.0 Å². The highest BCUT2D eigenvalue weighted by molar-refractivity contribution is 5.96. The van der Waals surface area contributed by atoms with Gasteiger partial charge in [0.2, 0.25) is 5.91 Å². The zero-order valence-corrected chi connectivity index (χ0v) is 12.5. The quantitative estimate of drug-likeness (QED) is 0.843. The molecule has 22 heavy (non-hydrogen) atoms. The molecule has 4 heteroatoms. The number of hydrogen-bond donors (Lipinski definition) is 2. The van der Waals surface area contributed by atoms with E-state index < -0.39 is 17.8 Å². The summed E-state index contributed by atoms with van der Waals surface area (Å²) >= 11 is 0. The summed E-state index contributed by atoms with van der Waals surface area (Å²) in [7, 11) is 0. The number of carboxylic acids is 1. The molecule has 4 nitrogen and oxygen atoms in total. The van der Waals surface area contributed by atoms with Crippen LogP contribution in [0.2, 0.25) is 0 Å². The normalized spacial score (nSPS) is 33.1. The molecule has 2 bridgehead atoms. The van der Waals surface area contributed by atoms with Gasteiger partial charge in [0.1, 0.15) is 0 Å². The van der Waals surface area contributed by atoms with Gasteiger partial charge in [-0.25, -0.2) is 0 Å². The van der Waals surface area contributed by atoms with Crippen molar-refractivity contribution in [3.05, 3.63) is 42.0 Å². The standard InChI is InChI=1S/C18H19NO3/c1-10-2-4-11(5-3-10)19-16(20)14-12-6-7-13(15(14)17(21)22)18(12)8-9-18/h2-7,12-15H,8-9H2,1H3,(H,19,20)(H,21,22)/t12-,13-,14+,15-/m1/s1. The fourth-order valence-electron chi connectivity index (χ4n) is 4.55. The molecule has 0 radical (unpaired) electrons. The Morgan fingerprint density at radius 3 is 2.23 bits per heavy atom. The number of anilines is 1. The number of carboxylic acid groups (broad SMARTS) is 1. The number of aryl methyl sites for hydroxylation is 1. The van der Waals surface area contributed by atoms with E-state index in [-0.39, 0.29) is 23.2 Å². The van der Waals surface area contributed by atoms with Crippen LogP contribution in [0, 0.1) is 36.0 Å². The van der Waals surface area contributed by atoms with Gasteiger partial charge in [-0.05, 0) is 49.1 Å². The van der Waals surface area contributed by atoms with Crippen LogP contribution in [0.25, 0.3) is 0 Å². The third-order valence-electron chi connectivity index (χ3n) is 5.75. The van der Waals surface area contributed by atoms with E-state index in [0.717, 1.165) is 24.1 Å². The van der Waals surface area contributed by atoms with Crippen LogP contribution < -0.4 is 5.32 Å². The average Bonchev–Trinajstić information content (AvgIpc) is 3.15. The Morgan fingerprint density at radius 2 is 1.68 bits per heavy atom. The van der Waals surface area contributed by atoms with E-state index >= 15 is 0 Å². The van der Waals surface area contributed by atoms with Crippen LogP contribution in [0.15, 0.2) is 36.4 Å². The van der Waals surface area contributed by atoms with Gasteiger partial charge >= 0.3 is 5.97 Å². The van der Waals surface area contributed by atoms with E-state index in [0.29, 0.717) is 0 Å². The Morgan fingerprint density at radius 1 is 1.09 bits per heavy atom. The van der Waals surface area contributed by atoms with E-state index in [9.17, 15) is 14.7 Å². The third-order valence-corrected chi connectivity index (χ3v) is 5.75. The number of allylic oxidation sites excluding steroid dienone is 2. The lowest BCUT2D eigenvalue weighted by atomic mass is 9.82. The second-order valence-electron chi connectivity index (χ2n) is 6.91. The number of nitrogens with one attached hydrogen (secondary N) is 1. The highest BCUT2D eigenvalue weighted by Gasteiger charge is 2.70. The maximum atomic E-state index is 12.7. The summed E-state index contributed by atoms with van der Waals surface area (Å²) in [6.45, 7) is 1.99. The summed E-state index contributed by atoms with van der Waals surface area (Å²) in [4.78, 5) is 24.4. The lowest BCUT2D eigenvalue weighted by molar-refractivity contribution is -0.146. The van der Waals surface area contributed by atoms with Crippen molar-refractivity contribution in [2.24, 2.45) is 29.1 Å². The Hall–Kier alpha value is -2.10. The molecule has 0 unspecified atom stereocenters. The second kappa shape index (κ2) is 4.45. The fourth-order valence-corrected chi connectivity index (χ4v) is 4.55. The van der Waals surface area contributed by atoms with Crippen LogP contribution in [0.4, 0.5) is 5.69 Å². The Balaban J connectivity index is 1.60. The maximum Gasteiger partial charge on any atom is 0.307 e. The summed E-state index contributed by atoms with van der Waals surface area (Å²) in [5.74, 6) is -1.90. The van der Waals surface area contributed by atoms with Crippen molar-refractivity contribution in [3.8, 4) is 0 Å². The molecule has 3 aliphatic carbocycles. The molecular weight excluding hydrogens is 278 g/mol. The van der Waals surface area contributed by atoms with Crippen molar-refractivity contribution >= 4 is 17.6 Å². The van der Waals surface area contributed by atoms with Crippen molar-refractivity contribution in [3.63, 3.8) is 0 Å². The molecule has 1 amide bonds. The van der Waals surface area contributed by atoms with Gasteiger partial charge in [-0.2, -0.15) is 0 Å². The molecule has 1 aromatic carbocycles. The molecule has 2 fully saturated rings. The minimum absolute atomic E-state index is 0.0313. The van der Waals surface area contributed by atoms with Gasteiger partial charge in [-0.15, -0.1) is 0 Å². The predicted molar refractivity (Wildman–Crippen MR) is 82.2 cm³/mol. The van der Waals surface area contributed by atoms with Crippen molar-refractivity contribution in [2.75, 3.05) is 5.32 Å². The molecule has 4 atom stereocenters. The monoisotopic (exact) mass is 297 g/mol. The van der Waals surface area contributed by atoms with E-state index in [4.69, 9.17) is 0 Å². The summed E-state index contributed by atoms with van der Waals surface area (Å²) in [6.07, 6.45) is 6.21. The largest absolute Gasteiger partial charge is 0.481 e. The minimum atomic E-state index is -0.841. The molecule has 2 N–H and O–H groups in total. The first-order valence-electron chi connectivity index (χ1n) is 7.82. The van der Waals surface area contributed by atoms with Crippen LogP contribution in [0.3, 0.4) is 0 Å². The number of benzene rings is 1. The highest BCUT2D eigenvalue weighted by atomic mass is 16.4. The number of carbonyl (C=O) groups excluding carboxylic acids is 1. The van der Waals surface area contributed by atoms with Gasteiger partial charge in [0.15, 0.2) is 0 Å². The topological polar surface area (TPSA) is 66.4 Å². The molecule has 0 aliphatic heterocycles. The van der Waals surface area contributed by atoms with Crippen molar-refractivity contribution in [2.45, 2.75) is 19.8 Å². The summed E-state index contributed by atoms with van der Waals surface area (Å²) < 4.78 is 0. The number of rotatable bonds is 3. The van der Waals surface area contributed by atoms with E-state index in [1.807, 2.05) is 37.3 Å². The van der Waals surface area contributed by atoms with Crippen LogP contribution in [0.5, 0.6) is 0 Å². The van der Waals surface area contributed by atoms with Crippen molar-refractivity contribution < 1.29 is 14.7 Å². The Labute approximate surface area is 129 Å². The molecule has 4 rings (SSSR count).